The Balaban J connectivity index is 0.00000841. The van der Waals surface area contributed by atoms with E-state index in [1.807, 2.05) is 46.4 Å². The number of likely N-dealkylation sites (tertiary alicyclic amines) is 1. The van der Waals surface area contributed by atoms with Crippen molar-refractivity contribution in [1.29, 1.82) is 0 Å². The molecule has 0 bridgehead atoms. The second-order valence-corrected chi connectivity index (χ2v) is 8.86. The minimum atomic E-state index is -0.500. The zero-order valence-electron chi connectivity index (χ0n) is 19.8. The lowest BCUT2D eigenvalue weighted by molar-refractivity contribution is -0.135. The van der Waals surface area contributed by atoms with Crippen LogP contribution in [0, 0.1) is 5.92 Å². The highest BCUT2D eigenvalue weighted by atomic mass is 127. The highest BCUT2D eigenvalue weighted by molar-refractivity contribution is 14.0. The van der Waals surface area contributed by atoms with Crippen LogP contribution in [-0.2, 0) is 9.53 Å². The van der Waals surface area contributed by atoms with E-state index in [9.17, 15) is 9.59 Å². The van der Waals surface area contributed by atoms with Gasteiger partial charge in [-0.3, -0.25) is 9.79 Å². The molecule has 0 atom stereocenters. The fourth-order valence-electron chi connectivity index (χ4n) is 3.20. The second kappa shape index (κ2) is 13.9. The third kappa shape index (κ3) is 10.7. The predicted octanol–water partition coefficient (Wildman–Crippen LogP) is 3.06. The van der Waals surface area contributed by atoms with E-state index in [0.717, 1.165) is 38.3 Å². The second-order valence-electron chi connectivity index (χ2n) is 8.86. The average molecular weight is 540 g/mol. The third-order valence-electron chi connectivity index (χ3n) is 4.68. The Morgan fingerprint density at radius 3 is 2.27 bits per heavy atom. The lowest BCUT2D eigenvalue weighted by Gasteiger charge is -2.34. The number of piperidine rings is 1. The summed E-state index contributed by atoms with van der Waals surface area (Å²) in [5.41, 5.74) is -0.500. The summed E-state index contributed by atoms with van der Waals surface area (Å²) in [6.07, 6.45) is 2.39. The smallest absolute Gasteiger partial charge is 0.410 e. The van der Waals surface area contributed by atoms with Crippen molar-refractivity contribution in [2.45, 2.75) is 72.4 Å². The van der Waals surface area contributed by atoms with E-state index in [1.165, 1.54) is 0 Å². The van der Waals surface area contributed by atoms with Crippen LogP contribution < -0.4 is 10.6 Å². The molecule has 0 aromatic heterocycles. The largest absolute Gasteiger partial charge is 0.444 e. The van der Waals surface area contributed by atoms with Gasteiger partial charge in [-0.25, -0.2) is 4.79 Å². The van der Waals surface area contributed by atoms with E-state index in [4.69, 9.17) is 4.74 Å². The van der Waals surface area contributed by atoms with E-state index in [2.05, 4.69) is 15.6 Å². The molecule has 1 fully saturated rings. The van der Waals surface area contributed by atoms with Crippen LogP contribution in [0.15, 0.2) is 4.99 Å². The maximum absolute atomic E-state index is 12.3. The van der Waals surface area contributed by atoms with E-state index in [-0.39, 0.29) is 47.9 Å². The summed E-state index contributed by atoms with van der Waals surface area (Å²) in [5.74, 6) is 0.994. The minimum Gasteiger partial charge on any atom is -0.444 e. The predicted molar refractivity (Wildman–Crippen MR) is 132 cm³/mol. The molecule has 8 nitrogen and oxygen atoms in total. The van der Waals surface area contributed by atoms with Crippen LogP contribution in [0.2, 0.25) is 0 Å². The van der Waals surface area contributed by atoms with Crippen LogP contribution in [0.4, 0.5) is 4.79 Å². The maximum Gasteiger partial charge on any atom is 0.410 e. The molecule has 1 saturated heterocycles. The first-order chi connectivity index (χ1) is 13.6. The molecule has 1 heterocycles. The van der Waals surface area contributed by atoms with Gasteiger partial charge < -0.3 is 25.2 Å². The summed E-state index contributed by atoms with van der Waals surface area (Å²) < 4.78 is 5.49. The standard InChI is InChI=1S/C21H41N5O3.HI/c1-8-12-26(20(28)29-21(4,5)6)15-11-23-19(22-7)24-17-9-13-25(14-10-17)18(27)16(2)3;/h16-17H,8-15H2,1-7H3,(H2,22,23,24);1H. The van der Waals surface area contributed by atoms with Crippen LogP contribution in [0.1, 0.15) is 60.8 Å². The fraction of sp³-hybridized carbons (Fsp3) is 0.857. The Morgan fingerprint density at radius 1 is 1.20 bits per heavy atom. The van der Waals surface area contributed by atoms with Gasteiger partial charge in [-0.2, -0.15) is 0 Å². The van der Waals surface area contributed by atoms with Crippen LogP contribution >= 0.6 is 24.0 Å². The van der Waals surface area contributed by atoms with Crippen LogP contribution in [0.3, 0.4) is 0 Å². The van der Waals surface area contributed by atoms with Gasteiger partial charge in [-0.05, 0) is 40.0 Å². The molecule has 0 aromatic carbocycles. The molecule has 0 saturated carbocycles. The van der Waals surface area contributed by atoms with Gasteiger partial charge >= 0.3 is 6.09 Å². The summed E-state index contributed by atoms with van der Waals surface area (Å²) in [6.45, 7) is 14.9. The van der Waals surface area contributed by atoms with Crippen molar-refractivity contribution in [2.24, 2.45) is 10.9 Å². The first-order valence-corrected chi connectivity index (χ1v) is 10.8. The Labute approximate surface area is 199 Å². The lowest BCUT2D eigenvalue weighted by Crippen LogP contribution is -2.51. The third-order valence-corrected chi connectivity index (χ3v) is 4.68. The number of hydrogen-bond donors (Lipinski definition) is 2. The van der Waals surface area contributed by atoms with Crippen molar-refractivity contribution in [2.75, 3.05) is 39.8 Å². The van der Waals surface area contributed by atoms with Crippen LogP contribution in [0.5, 0.6) is 0 Å². The van der Waals surface area contributed by atoms with E-state index < -0.39 is 5.60 Å². The molecule has 0 spiro atoms. The molecule has 0 aromatic rings. The van der Waals surface area contributed by atoms with Gasteiger partial charge in [0.25, 0.3) is 0 Å². The molecule has 1 aliphatic rings. The van der Waals surface area contributed by atoms with Gasteiger partial charge in [0.05, 0.1) is 0 Å². The molecule has 0 aliphatic carbocycles. The zero-order chi connectivity index (χ0) is 22.0. The Kier molecular flexibility index (Phi) is 13.3. The first-order valence-electron chi connectivity index (χ1n) is 10.8. The maximum atomic E-state index is 12.3. The minimum absolute atomic E-state index is 0. The van der Waals surface area contributed by atoms with Crippen molar-refractivity contribution in [3.8, 4) is 0 Å². The number of ether oxygens (including phenoxy) is 1. The number of carbonyl (C=O) groups is 2. The fourth-order valence-corrected chi connectivity index (χ4v) is 3.20. The number of hydrogen-bond acceptors (Lipinski definition) is 4. The van der Waals surface area contributed by atoms with Gasteiger partial charge in [-0.1, -0.05) is 20.8 Å². The van der Waals surface area contributed by atoms with E-state index >= 15 is 0 Å². The molecule has 176 valence electrons. The summed E-state index contributed by atoms with van der Waals surface area (Å²) in [6, 6.07) is 0.287. The summed E-state index contributed by atoms with van der Waals surface area (Å²) in [7, 11) is 1.74. The van der Waals surface area contributed by atoms with Crippen molar-refractivity contribution in [3.05, 3.63) is 0 Å². The molecule has 2 N–H and O–H groups in total. The van der Waals surface area contributed by atoms with Crippen LogP contribution in [0.25, 0.3) is 0 Å². The van der Waals surface area contributed by atoms with Crippen LogP contribution in [-0.4, -0.2) is 79.2 Å². The molecular formula is C21H42IN5O3. The van der Waals surface area contributed by atoms with E-state index in [1.54, 1.807) is 11.9 Å². The zero-order valence-corrected chi connectivity index (χ0v) is 22.1. The number of guanidine groups is 1. The number of carbonyl (C=O) groups excluding carboxylic acids is 2. The molecule has 1 aliphatic heterocycles. The molecule has 0 radical (unpaired) electrons. The Bertz CT molecular complexity index is 555. The molecule has 0 unspecified atom stereocenters. The quantitative estimate of drug-likeness (QED) is 0.295. The van der Waals surface area contributed by atoms with Gasteiger partial charge in [-0.15, -0.1) is 24.0 Å². The number of amides is 2. The molecular weight excluding hydrogens is 497 g/mol. The number of rotatable bonds is 7. The lowest BCUT2D eigenvalue weighted by atomic mass is 10.0. The molecule has 2 amide bonds. The number of aliphatic imine (C=N–C) groups is 1. The first kappa shape index (κ1) is 28.7. The summed E-state index contributed by atoms with van der Waals surface area (Å²) >= 11 is 0. The monoisotopic (exact) mass is 539 g/mol. The Morgan fingerprint density at radius 2 is 1.80 bits per heavy atom. The number of nitrogens with zero attached hydrogens (tertiary/aromatic N) is 3. The molecule has 1 rings (SSSR count). The molecule has 9 heteroatoms. The summed E-state index contributed by atoms with van der Waals surface area (Å²) in [5, 5.41) is 6.72. The van der Waals surface area contributed by atoms with Crippen molar-refractivity contribution in [1.82, 2.24) is 20.4 Å². The topological polar surface area (TPSA) is 86.3 Å². The van der Waals surface area contributed by atoms with Crippen molar-refractivity contribution >= 4 is 41.9 Å². The number of nitrogens with one attached hydrogen (secondary N) is 2. The molecule has 30 heavy (non-hydrogen) atoms. The Hall–Kier alpha value is -1.26. The average Bonchev–Trinajstić information content (AvgIpc) is 2.64. The van der Waals surface area contributed by atoms with Gasteiger partial charge in [0.15, 0.2) is 5.96 Å². The van der Waals surface area contributed by atoms with E-state index in [0.29, 0.717) is 19.6 Å². The SMILES string of the molecule is CCCN(CCNC(=NC)NC1CCN(C(=O)C(C)C)CC1)C(=O)OC(C)(C)C.I. The van der Waals surface area contributed by atoms with Gasteiger partial charge in [0.1, 0.15) is 5.60 Å². The van der Waals surface area contributed by atoms with Gasteiger partial charge in [0.2, 0.25) is 5.91 Å². The normalized spacial score (nSPS) is 15.5. The van der Waals surface area contributed by atoms with Crippen molar-refractivity contribution < 1.29 is 14.3 Å². The van der Waals surface area contributed by atoms with Gasteiger partial charge in [0, 0.05) is 51.7 Å². The van der Waals surface area contributed by atoms with Crippen molar-refractivity contribution in [3.63, 3.8) is 0 Å². The summed E-state index contributed by atoms with van der Waals surface area (Å²) in [4.78, 5) is 32.4. The highest BCUT2D eigenvalue weighted by Crippen LogP contribution is 2.13. The number of halogens is 1. The highest BCUT2D eigenvalue weighted by Gasteiger charge is 2.25.